The lowest BCUT2D eigenvalue weighted by molar-refractivity contribution is -0.385. The zero-order valence-corrected chi connectivity index (χ0v) is 11.8. The third-order valence-corrected chi connectivity index (χ3v) is 3.38. The van der Waals surface area contributed by atoms with Gasteiger partial charge >= 0.3 is 0 Å². The van der Waals surface area contributed by atoms with Crippen LogP contribution in [0, 0.1) is 15.9 Å². The molecule has 1 heterocycles. The Morgan fingerprint density at radius 3 is 2.77 bits per heavy atom. The fourth-order valence-electron chi connectivity index (χ4n) is 2.31. The molecule has 112 valence electrons. The van der Waals surface area contributed by atoms with Crippen molar-refractivity contribution in [2.45, 2.75) is 6.54 Å². The highest BCUT2D eigenvalue weighted by Crippen LogP contribution is 2.24. The van der Waals surface area contributed by atoms with Gasteiger partial charge in [-0.2, -0.15) is 0 Å². The van der Waals surface area contributed by atoms with Crippen molar-refractivity contribution in [2.75, 3.05) is 11.9 Å². The number of para-hydroxylation sites is 2. The van der Waals surface area contributed by atoms with Gasteiger partial charge in [0.15, 0.2) is 5.82 Å². The molecule has 0 saturated carbocycles. The number of nitro benzene ring substituents is 1. The largest absolute Gasteiger partial charge is 0.365 e. The lowest BCUT2D eigenvalue weighted by Gasteiger charge is -2.18. The molecule has 3 rings (SSSR count). The number of nitro groups is 1. The van der Waals surface area contributed by atoms with Crippen LogP contribution in [0.1, 0.15) is 5.82 Å². The Balaban J connectivity index is 1.84. The van der Waals surface area contributed by atoms with Gasteiger partial charge in [0.1, 0.15) is 5.82 Å². The van der Waals surface area contributed by atoms with Crippen LogP contribution in [-0.4, -0.2) is 21.9 Å². The molecule has 0 radical (unpaired) electrons. The number of halogens is 1. The quantitative estimate of drug-likeness (QED) is 0.593. The summed E-state index contributed by atoms with van der Waals surface area (Å²) in [6.07, 6.45) is 0. The maximum absolute atomic E-state index is 14.0. The fourth-order valence-corrected chi connectivity index (χ4v) is 2.31. The standard InChI is InChI=1S/C15H13FN4O2/c1-19(14-7-6-10(20(21)22)8-11(14)16)9-15-17-12-4-2-3-5-13(12)18-15/h2-8H,9H2,1H3,(H,17,18). The summed E-state index contributed by atoms with van der Waals surface area (Å²) in [4.78, 5) is 19.3. The van der Waals surface area contributed by atoms with E-state index in [2.05, 4.69) is 9.97 Å². The van der Waals surface area contributed by atoms with Crippen LogP contribution in [0.15, 0.2) is 42.5 Å². The van der Waals surface area contributed by atoms with Gasteiger partial charge in [-0.15, -0.1) is 0 Å². The Labute approximate surface area is 125 Å². The SMILES string of the molecule is CN(Cc1nc2ccccc2[nH]1)c1ccc([N+](=O)[O-])cc1F. The van der Waals surface area contributed by atoms with Gasteiger partial charge in [-0.25, -0.2) is 9.37 Å². The summed E-state index contributed by atoms with van der Waals surface area (Å²) >= 11 is 0. The van der Waals surface area contributed by atoms with Gasteiger partial charge in [0.25, 0.3) is 5.69 Å². The number of imidazole rings is 1. The van der Waals surface area contributed by atoms with E-state index in [1.165, 1.54) is 12.1 Å². The summed E-state index contributed by atoms with van der Waals surface area (Å²) in [6.45, 7) is 0.364. The Hall–Kier alpha value is -2.96. The van der Waals surface area contributed by atoms with Crippen LogP contribution >= 0.6 is 0 Å². The molecule has 0 bridgehead atoms. The van der Waals surface area contributed by atoms with Crippen molar-refractivity contribution >= 4 is 22.4 Å². The van der Waals surface area contributed by atoms with Gasteiger partial charge in [0.2, 0.25) is 0 Å². The number of aromatic nitrogens is 2. The Morgan fingerprint density at radius 1 is 1.32 bits per heavy atom. The maximum Gasteiger partial charge on any atom is 0.272 e. The average Bonchev–Trinajstić information content (AvgIpc) is 2.88. The van der Waals surface area contributed by atoms with Gasteiger partial charge in [-0.05, 0) is 18.2 Å². The third-order valence-electron chi connectivity index (χ3n) is 3.38. The predicted octanol–water partition coefficient (Wildman–Crippen LogP) is 3.25. The second kappa shape index (κ2) is 5.44. The van der Waals surface area contributed by atoms with Crippen molar-refractivity contribution in [3.63, 3.8) is 0 Å². The summed E-state index contributed by atoms with van der Waals surface area (Å²) in [5.74, 6) is 0.0641. The number of nitrogens with zero attached hydrogens (tertiary/aromatic N) is 3. The molecular formula is C15H13FN4O2. The molecule has 0 amide bonds. The molecule has 22 heavy (non-hydrogen) atoms. The number of rotatable bonds is 4. The van der Waals surface area contributed by atoms with E-state index in [4.69, 9.17) is 0 Å². The minimum Gasteiger partial charge on any atom is -0.365 e. The first kappa shape index (κ1) is 14.0. The van der Waals surface area contributed by atoms with Crippen molar-refractivity contribution < 1.29 is 9.31 Å². The first-order valence-electron chi connectivity index (χ1n) is 6.63. The van der Waals surface area contributed by atoms with E-state index in [0.29, 0.717) is 12.4 Å². The molecule has 0 aliphatic carbocycles. The second-order valence-corrected chi connectivity index (χ2v) is 4.95. The van der Waals surface area contributed by atoms with Crippen LogP contribution in [0.2, 0.25) is 0 Å². The van der Waals surface area contributed by atoms with Crippen LogP contribution in [0.3, 0.4) is 0 Å². The summed E-state index contributed by atoms with van der Waals surface area (Å²) in [5, 5.41) is 10.6. The van der Waals surface area contributed by atoms with Gasteiger partial charge in [-0.1, -0.05) is 12.1 Å². The number of nitrogens with one attached hydrogen (secondary N) is 1. The number of anilines is 1. The van der Waals surface area contributed by atoms with Crippen molar-refractivity contribution in [1.29, 1.82) is 0 Å². The summed E-state index contributed by atoms with van der Waals surface area (Å²) in [6, 6.07) is 11.2. The number of non-ortho nitro benzene ring substituents is 1. The van der Waals surface area contributed by atoms with E-state index in [1.54, 1.807) is 11.9 Å². The molecule has 0 spiro atoms. The first-order chi connectivity index (χ1) is 10.5. The van der Waals surface area contributed by atoms with Crippen molar-refractivity contribution in [3.05, 3.63) is 64.2 Å². The molecule has 0 saturated heterocycles. The molecule has 0 aliphatic rings. The minimum atomic E-state index is -0.632. The number of benzene rings is 2. The molecule has 1 N–H and O–H groups in total. The zero-order chi connectivity index (χ0) is 15.7. The van der Waals surface area contributed by atoms with Gasteiger partial charge in [-0.3, -0.25) is 10.1 Å². The monoisotopic (exact) mass is 300 g/mol. The summed E-state index contributed by atoms with van der Waals surface area (Å²) in [7, 11) is 1.71. The maximum atomic E-state index is 14.0. The topological polar surface area (TPSA) is 75.1 Å². The van der Waals surface area contributed by atoms with Gasteiger partial charge in [0, 0.05) is 13.1 Å². The number of fused-ring (bicyclic) bond motifs is 1. The molecule has 0 atom stereocenters. The molecule has 7 heteroatoms. The number of H-pyrrole nitrogens is 1. The lowest BCUT2D eigenvalue weighted by Crippen LogP contribution is -2.18. The smallest absolute Gasteiger partial charge is 0.272 e. The van der Waals surface area contributed by atoms with Crippen molar-refractivity contribution in [3.8, 4) is 0 Å². The fraction of sp³-hybridized carbons (Fsp3) is 0.133. The van der Waals surface area contributed by atoms with Crippen molar-refractivity contribution in [1.82, 2.24) is 9.97 Å². The third kappa shape index (κ3) is 2.60. The molecule has 0 aliphatic heterocycles. The first-order valence-corrected chi connectivity index (χ1v) is 6.63. The molecule has 6 nitrogen and oxygen atoms in total. The second-order valence-electron chi connectivity index (χ2n) is 4.95. The highest BCUT2D eigenvalue weighted by Gasteiger charge is 2.14. The highest BCUT2D eigenvalue weighted by molar-refractivity contribution is 5.74. The predicted molar refractivity (Wildman–Crippen MR) is 81.3 cm³/mol. The highest BCUT2D eigenvalue weighted by atomic mass is 19.1. The van der Waals surface area contributed by atoms with Crippen LogP contribution in [0.4, 0.5) is 15.8 Å². The van der Waals surface area contributed by atoms with E-state index < -0.39 is 10.7 Å². The van der Waals surface area contributed by atoms with E-state index in [-0.39, 0.29) is 11.4 Å². The molecule has 0 fully saturated rings. The minimum absolute atomic E-state index is 0.265. The van der Waals surface area contributed by atoms with Crippen molar-refractivity contribution in [2.24, 2.45) is 0 Å². The zero-order valence-electron chi connectivity index (χ0n) is 11.8. The van der Waals surface area contributed by atoms with Crippen LogP contribution in [0.5, 0.6) is 0 Å². The van der Waals surface area contributed by atoms with E-state index in [9.17, 15) is 14.5 Å². The Kier molecular flexibility index (Phi) is 3.46. The van der Waals surface area contributed by atoms with E-state index >= 15 is 0 Å². The summed E-state index contributed by atoms with van der Waals surface area (Å²) in [5.41, 5.74) is 1.77. The van der Waals surface area contributed by atoms with Gasteiger partial charge in [0.05, 0.1) is 34.3 Å². The number of hydrogen-bond donors (Lipinski definition) is 1. The van der Waals surface area contributed by atoms with Gasteiger partial charge < -0.3 is 9.88 Å². The number of hydrogen-bond acceptors (Lipinski definition) is 4. The molecule has 3 aromatic rings. The molecular weight excluding hydrogens is 287 g/mol. The lowest BCUT2D eigenvalue weighted by atomic mass is 10.2. The van der Waals surface area contributed by atoms with Crippen LogP contribution in [0.25, 0.3) is 11.0 Å². The molecule has 1 aromatic heterocycles. The molecule has 2 aromatic carbocycles. The summed E-state index contributed by atoms with van der Waals surface area (Å²) < 4.78 is 14.0. The molecule has 0 unspecified atom stereocenters. The Morgan fingerprint density at radius 2 is 2.09 bits per heavy atom. The van der Waals surface area contributed by atoms with E-state index in [0.717, 1.165) is 17.1 Å². The van der Waals surface area contributed by atoms with E-state index in [1.807, 2.05) is 24.3 Å². The van der Waals surface area contributed by atoms with Crippen LogP contribution < -0.4 is 4.90 Å². The number of aromatic amines is 1. The Bertz CT molecular complexity index is 813. The average molecular weight is 300 g/mol. The normalized spacial score (nSPS) is 10.8. The van der Waals surface area contributed by atoms with Crippen LogP contribution in [-0.2, 0) is 6.54 Å².